The van der Waals surface area contributed by atoms with Gasteiger partial charge in [-0.25, -0.2) is 4.98 Å². The third-order valence-corrected chi connectivity index (χ3v) is 4.65. The fourth-order valence-electron chi connectivity index (χ4n) is 1.76. The number of hydrogen-bond acceptors (Lipinski definition) is 4. The number of rotatable bonds is 4. The lowest BCUT2D eigenvalue weighted by atomic mass is 10.2. The normalized spacial score (nSPS) is 20.9. The molecule has 1 atom stereocenters. The van der Waals surface area contributed by atoms with Crippen LogP contribution in [0, 0.1) is 0 Å². The van der Waals surface area contributed by atoms with Crippen molar-refractivity contribution in [2.75, 3.05) is 17.3 Å². The summed E-state index contributed by atoms with van der Waals surface area (Å²) in [4.78, 5) is 14.7. The van der Waals surface area contributed by atoms with Gasteiger partial charge in [-0.1, -0.05) is 11.8 Å². The Kier molecular flexibility index (Phi) is 4.17. The number of hydrogen-bond donors (Lipinski definition) is 1. The Balaban J connectivity index is 2.02. The van der Waals surface area contributed by atoms with Crippen molar-refractivity contribution in [3.63, 3.8) is 0 Å². The van der Waals surface area contributed by atoms with Crippen LogP contribution >= 0.6 is 23.5 Å². The first-order valence-electron chi connectivity index (χ1n) is 5.22. The highest BCUT2D eigenvalue weighted by Gasteiger charge is 2.18. The molecule has 0 aromatic carbocycles. The second kappa shape index (κ2) is 5.63. The first-order chi connectivity index (χ1) is 7.77. The average Bonchev–Trinajstić information content (AvgIpc) is 2.75. The van der Waals surface area contributed by atoms with E-state index in [0.717, 1.165) is 10.9 Å². The van der Waals surface area contributed by atoms with Gasteiger partial charge in [-0.3, -0.25) is 4.79 Å². The third kappa shape index (κ3) is 2.95. The molecule has 0 saturated carbocycles. The summed E-state index contributed by atoms with van der Waals surface area (Å²) in [6.07, 6.45) is 6.12. The molecule has 1 aliphatic heterocycles. The quantitative estimate of drug-likeness (QED) is 0.838. The van der Waals surface area contributed by atoms with E-state index in [2.05, 4.69) is 9.55 Å². The van der Waals surface area contributed by atoms with E-state index in [4.69, 9.17) is 5.11 Å². The van der Waals surface area contributed by atoms with Crippen LogP contribution in [0.25, 0.3) is 0 Å². The number of aliphatic carboxylic acids is 1. The third-order valence-electron chi connectivity index (χ3n) is 2.49. The summed E-state index contributed by atoms with van der Waals surface area (Å²) in [7, 11) is 0. The molecule has 4 nitrogen and oxygen atoms in total. The van der Waals surface area contributed by atoms with E-state index in [1.165, 1.54) is 30.4 Å². The Morgan fingerprint density at radius 2 is 2.62 bits per heavy atom. The van der Waals surface area contributed by atoms with Gasteiger partial charge in [0.15, 0.2) is 5.16 Å². The zero-order chi connectivity index (χ0) is 11.4. The topological polar surface area (TPSA) is 55.1 Å². The molecule has 0 bridgehead atoms. The minimum absolute atomic E-state index is 0.0802. The summed E-state index contributed by atoms with van der Waals surface area (Å²) in [6, 6.07) is 0.484. The van der Waals surface area contributed by atoms with Crippen LogP contribution in [-0.2, 0) is 4.79 Å². The maximum Gasteiger partial charge on any atom is 0.313 e. The van der Waals surface area contributed by atoms with E-state index < -0.39 is 5.97 Å². The number of imidazole rings is 1. The van der Waals surface area contributed by atoms with Gasteiger partial charge >= 0.3 is 5.97 Å². The minimum Gasteiger partial charge on any atom is -0.481 e. The minimum atomic E-state index is -0.794. The molecule has 0 amide bonds. The second-order valence-electron chi connectivity index (χ2n) is 3.67. The van der Waals surface area contributed by atoms with Crippen LogP contribution in [-0.4, -0.2) is 37.9 Å². The van der Waals surface area contributed by atoms with Crippen LogP contribution in [0.5, 0.6) is 0 Å². The molecule has 2 rings (SSSR count). The molecular formula is C10H14N2O2S2. The summed E-state index contributed by atoms with van der Waals surface area (Å²) < 4.78 is 2.12. The van der Waals surface area contributed by atoms with Crippen molar-refractivity contribution in [2.45, 2.75) is 24.0 Å². The average molecular weight is 258 g/mol. The predicted octanol–water partition coefficient (Wildman–Crippen LogP) is 2.13. The molecule has 1 N–H and O–H groups in total. The van der Waals surface area contributed by atoms with Gasteiger partial charge in [0, 0.05) is 24.2 Å². The lowest BCUT2D eigenvalue weighted by Gasteiger charge is -2.23. The number of aromatic nitrogens is 2. The number of carboxylic acids is 1. The van der Waals surface area contributed by atoms with Crippen molar-refractivity contribution in [3.05, 3.63) is 12.4 Å². The molecule has 1 aromatic rings. The maximum atomic E-state index is 10.5. The summed E-state index contributed by atoms with van der Waals surface area (Å²) in [5.74, 6) is 1.63. The predicted molar refractivity (Wildman–Crippen MR) is 66.2 cm³/mol. The van der Waals surface area contributed by atoms with Crippen molar-refractivity contribution in [2.24, 2.45) is 0 Å². The van der Waals surface area contributed by atoms with Crippen LogP contribution in [0.3, 0.4) is 0 Å². The highest BCUT2D eigenvalue weighted by Crippen LogP contribution is 2.30. The number of carboxylic acid groups (broad SMARTS) is 1. The van der Waals surface area contributed by atoms with Gasteiger partial charge in [0.2, 0.25) is 0 Å². The Labute approximate surface area is 103 Å². The van der Waals surface area contributed by atoms with Crippen molar-refractivity contribution in [1.82, 2.24) is 9.55 Å². The molecular weight excluding hydrogens is 244 g/mol. The molecule has 2 heterocycles. The SMILES string of the molecule is O=C(O)CSc1nccn1C1CCCSC1. The molecule has 1 fully saturated rings. The van der Waals surface area contributed by atoms with Gasteiger partial charge in [0.1, 0.15) is 0 Å². The molecule has 0 aliphatic carbocycles. The van der Waals surface area contributed by atoms with Gasteiger partial charge in [-0.05, 0) is 18.6 Å². The lowest BCUT2D eigenvalue weighted by Crippen LogP contribution is -2.16. The largest absolute Gasteiger partial charge is 0.481 e. The van der Waals surface area contributed by atoms with E-state index in [9.17, 15) is 4.79 Å². The van der Waals surface area contributed by atoms with E-state index in [-0.39, 0.29) is 5.75 Å². The molecule has 1 saturated heterocycles. The summed E-state index contributed by atoms with van der Waals surface area (Å²) >= 11 is 3.26. The zero-order valence-electron chi connectivity index (χ0n) is 8.83. The Morgan fingerprint density at radius 1 is 1.75 bits per heavy atom. The summed E-state index contributed by atoms with van der Waals surface area (Å²) in [6.45, 7) is 0. The molecule has 1 aliphatic rings. The zero-order valence-corrected chi connectivity index (χ0v) is 10.5. The highest BCUT2D eigenvalue weighted by atomic mass is 32.2. The van der Waals surface area contributed by atoms with Gasteiger partial charge in [0.25, 0.3) is 0 Å². The van der Waals surface area contributed by atoms with Crippen molar-refractivity contribution in [3.8, 4) is 0 Å². The van der Waals surface area contributed by atoms with E-state index in [1.807, 2.05) is 18.0 Å². The van der Waals surface area contributed by atoms with Gasteiger partial charge in [-0.15, -0.1) is 0 Å². The molecule has 1 unspecified atom stereocenters. The maximum absolute atomic E-state index is 10.5. The number of carbonyl (C=O) groups is 1. The van der Waals surface area contributed by atoms with Crippen molar-refractivity contribution >= 4 is 29.5 Å². The van der Waals surface area contributed by atoms with Crippen LogP contribution in [0.15, 0.2) is 17.6 Å². The second-order valence-corrected chi connectivity index (χ2v) is 5.76. The van der Waals surface area contributed by atoms with E-state index in [0.29, 0.717) is 6.04 Å². The van der Waals surface area contributed by atoms with E-state index in [1.54, 1.807) is 6.20 Å². The van der Waals surface area contributed by atoms with Gasteiger partial charge in [0.05, 0.1) is 5.75 Å². The van der Waals surface area contributed by atoms with Crippen molar-refractivity contribution in [1.29, 1.82) is 0 Å². The van der Waals surface area contributed by atoms with E-state index >= 15 is 0 Å². The number of nitrogens with zero attached hydrogens (tertiary/aromatic N) is 2. The van der Waals surface area contributed by atoms with Crippen molar-refractivity contribution < 1.29 is 9.90 Å². The summed E-state index contributed by atoms with van der Waals surface area (Å²) in [5.41, 5.74) is 0. The molecule has 16 heavy (non-hydrogen) atoms. The lowest BCUT2D eigenvalue weighted by molar-refractivity contribution is -0.133. The molecule has 88 valence electrons. The summed E-state index contributed by atoms with van der Waals surface area (Å²) in [5, 5.41) is 9.48. The molecule has 0 spiro atoms. The fourth-order valence-corrected chi connectivity index (χ4v) is 3.64. The molecule has 6 heteroatoms. The molecule has 1 aromatic heterocycles. The Bertz CT molecular complexity index is 361. The first-order valence-corrected chi connectivity index (χ1v) is 7.36. The monoisotopic (exact) mass is 258 g/mol. The van der Waals surface area contributed by atoms with Gasteiger partial charge in [-0.2, -0.15) is 11.8 Å². The van der Waals surface area contributed by atoms with Crippen LogP contribution in [0.4, 0.5) is 0 Å². The fraction of sp³-hybridized carbons (Fsp3) is 0.600. The standard InChI is InChI=1S/C10H14N2O2S2/c13-9(14)7-16-10-11-3-4-12(10)8-2-1-5-15-6-8/h3-4,8H,1-2,5-7H2,(H,13,14). The Hall–Kier alpha value is -0.620. The van der Waals surface area contributed by atoms with Crippen LogP contribution in [0.2, 0.25) is 0 Å². The van der Waals surface area contributed by atoms with Crippen LogP contribution in [0.1, 0.15) is 18.9 Å². The number of thioether (sulfide) groups is 2. The molecule has 0 radical (unpaired) electrons. The van der Waals surface area contributed by atoms with Crippen LogP contribution < -0.4 is 0 Å². The highest BCUT2D eigenvalue weighted by molar-refractivity contribution is 7.99. The Morgan fingerprint density at radius 3 is 3.31 bits per heavy atom. The van der Waals surface area contributed by atoms with Gasteiger partial charge < -0.3 is 9.67 Å². The smallest absolute Gasteiger partial charge is 0.313 e. The first kappa shape index (κ1) is 11.9.